The molecule has 0 bridgehead atoms. The highest BCUT2D eigenvalue weighted by molar-refractivity contribution is 5.46. The zero-order valence-electron chi connectivity index (χ0n) is 9.97. The zero-order chi connectivity index (χ0) is 13.1. The van der Waals surface area contributed by atoms with E-state index in [2.05, 4.69) is 20.1 Å². The Morgan fingerprint density at radius 3 is 2.68 bits per heavy atom. The molecule has 1 aromatic carbocycles. The molecular weight excluding hydrogens is 242 g/mol. The van der Waals surface area contributed by atoms with Crippen molar-refractivity contribution in [3.8, 4) is 11.5 Å². The molecule has 94 valence electrons. The van der Waals surface area contributed by atoms with Crippen LogP contribution in [0.5, 0.6) is 0 Å². The van der Waals surface area contributed by atoms with Gasteiger partial charge in [-0.15, -0.1) is 0 Å². The van der Waals surface area contributed by atoms with Gasteiger partial charge in [0.15, 0.2) is 0 Å². The topological polar surface area (TPSA) is 90.7 Å². The lowest BCUT2D eigenvalue weighted by atomic mass is 10.1. The van der Waals surface area contributed by atoms with Gasteiger partial charge in [-0.25, -0.2) is 9.97 Å². The van der Waals surface area contributed by atoms with E-state index in [4.69, 9.17) is 10.3 Å². The van der Waals surface area contributed by atoms with Gasteiger partial charge < -0.3 is 10.3 Å². The average Bonchev–Trinajstić information content (AvgIpc) is 2.98. The molecule has 3 aromatic rings. The van der Waals surface area contributed by atoms with E-state index in [1.165, 1.54) is 6.33 Å². The molecule has 6 nitrogen and oxygen atoms in total. The van der Waals surface area contributed by atoms with Gasteiger partial charge in [0.25, 0.3) is 0 Å². The van der Waals surface area contributed by atoms with Crippen LogP contribution in [-0.2, 0) is 0 Å². The lowest BCUT2D eigenvalue weighted by Crippen LogP contribution is -2.11. The Kier molecular flexibility index (Phi) is 2.99. The first-order valence-electron chi connectivity index (χ1n) is 5.75. The summed E-state index contributed by atoms with van der Waals surface area (Å²) in [6.45, 7) is 0. The largest absolute Gasteiger partial charge is 0.337 e. The van der Waals surface area contributed by atoms with Gasteiger partial charge in [0.1, 0.15) is 18.1 Å². The summed E-state index contributed by atoms with van der Waals surface area (Å²) in [5, 5.41) is 3.88. The highest BCUT2D eigenvalue weighted by atomic mass is 16.5. The quantitative estimate of drug-likeness (QED) is 0.762. The fraction of sp³-hybridized carbons (Fsp3) is 0.0769. The van der Waals surface area contributed by atoms with Gasteiger partial charge >= 0.3 is 0 Å². The maximum absolute atomic E-state index is 6.08. The number of aromatic nitrogens is 4. The van der Waals surface area contributed by atoms with E-state index in [-0.39, 0.29) is 0 Å². The van der Waals surface area contributed by atoms with E-state index in [1.54, 1.807) is 12.3 Å². The highest BCUT2D eigenvalue weighted by Crippen LogP contribution is 2.20. The van der Waals surface area contributed by atoms with Crippen LogP contribution >= 0.6 is 0 Å². The van der Waals surface area contributed by atoms with Crippen LogP contribution in [0.2, 0.25) is 0 Å². The van der Waals surface area contributed by atoms with E-state index < -0.39 is 6.04 Å². The van der Waals surface area contributed by atoms with Crippen molar-refractivity contribution in [1.82, 2.24) is 20.1 Å². The van der Waals surface area contributed by atoms with Crippen LogP contribution in [0.4, 0.5) is 0 Å². The van der Waals surface area contributed by atoms with E-state index >= 15 is 0 Å². The summed E-state index contributed by atoms with van der Waals surface area (Å²) in [5.41, 5.74) is 7.60. The molecule has 0 radical (unpaired) electrons. The van der Waals surface area contributed by atoms with E-state index in [0.717, 1.165) is 5.56 Å². The van der Waals surface area contributed by atoms with Gasteiger partial charge in [-0.3, -0.25) is 0 Å². The smallest absolute Gasteiger partial charge is 0.248 e. The maximum atomic E-state index is 6.08. The highest BCUT2D eigenvalue weighted by Gasteiger charge is 2.17. The molecule has 19 heavy (non-hydrogen) atoms. The van der Waals surface area contributed by atoms with Gasteiger partial charge in [0, 0.05) is 6.20 Å². The Balaban J connectivity index is 1.90. The van der Waals surface area contributed by atoms with Gasteiger partial charge in [0.05, 0.1) is 0 Å². The molecule has 2 N–H and O–H groups in total. The molecule has 6 heteroatoms. The van der Waals surface area contributed by atoms with Crippen molar-refractivity contribution in [2.75, 3.05) is 0 Å². The normalized spacial score (nSPS) is 12.3. The third-order valence-electron chi connectivity index (χ3n) is 2.68. The summed E-state index contributed by atoms with van der Waals surface area (Å²) >= 11 is 0. The fourth-order valence-corrected chi connectivity index (χ4v) is 1.69. The van der Waals surface area contributed by atoms with Crippen molar-refractivity contribution < 1.29 is 4.52 Å². The van der Waals surface area contributed by atoms with E-state index in [0.29, 0.717) is 17.4 Å². The summed E-state index contributed by atoms with van der Waals surface area (Å²) < 4.78 is 5.19. The Hall–Kier alpha value is -2.60. The standard InChI is InChI=1S/C13H11N5O/c14-11(9-4-2-1-3-5-9)13-17-12(18-19-13)10-6-7-15-8-16-10/h1-8,11H,14H2/t11-/m1/s1. The Morgan fingerprint density at radius 1 is 1.11 bits per heavy atom. The van der Waals surface area contributed by atoms with Gasteiger partial charge in [0.2, 0.25) is 11.7 Å². The molecule has 0 aliphatic carbocycles. The molecular formula is C13H11N5O. The maximum Gasteiger partial charge on any atom is 0.248 e. The minimum atomic E-state index is -0.440. The van der Waals surface area contributed by atoms with Crippen LogP contribution in [0, 0.1) is 0 Å². The first-order chi connectivity index (χ1) is 9.34. The average molecular weight is 253 g/mol. The summed E-state index contributed by atoms with van der Waals surface area (Å²) in [7, 11) is 0. The van der Waals surface area contributed by atoms with Gasteiger partial charge in [-0.1, -0.05) is 35.5 Å². The molecule has 0 spiro atoms. The molecule has 2 aromatic heterocycles. The number of rotatable bonds is 3. The molecule has 0 unspecified atom stereocenters. The summed E-state index contributed by atoms with van der Waals surface area (Å²) in [4.78, 5) is 12.2. The Labute approximate surface area is 109 Å². The van der Waals surface area contributed by atoms with Crippen LogP contribution in [-0.4, -0.2) is 20.1 Å². The predicted octanol–water partition coefficient (Wildman–Crippen LogP) is 1.57. The second-order valence-electron chi connectivity index (χ2n) is 3.94. The first-order valence-corrected chi connectivity index (χ1v) is 5.75. The minimum Gasteiger partial charge on any atom is -0.337 e. The van der Waals surface area contributed by atoms with Crippen molar-refractivity contribution in [2.24, 2.45) is 5.73 Å². The van der Waals surface area contributed by atoms with Gasteiger partial charge in [-0.05, 0) is 11.6 Å². The molecule has 3 rings (SSSR count). The lowest BCUT2D eigenvalue weighted by molar-refractivity contribution is 0.367. The predicted molar refractivity (Wildman–Crippen MR) is 67.8 cm³/mol. The van der Waals surface area contributed by atoms with Crippen LogP contribution < -0.4 is 5.73 Å². The van der Waals surface area contributed by atoms with Crippen molar-refractivity contribution in [1.29, 1.82) is 0 Å². The molecule has 0 fully saturated rings. The molecule has 0 saturated carbocycles. The van der Waals surface area contributed by atoms with E-state index in [9.17, 15) is 0 Å². The second kappa shape index (κ2) is 4.95. The van der Waals surface area contributed by atoms with Crippen LogP contribution in [0.1, 0.15) is 17.5 Å². The molecule has 1 atom stereocenters. The van der Waals surface area contributed by atoms with Crippen molar-refractivity contribution in [3.05, 3.63) is 60.4 Å². The van der Waals surface area contributed by atoms with Crippen LogP contribution in [0.25, 0.3) is 11.5 Å². The van der Waals surface area contributed by atoms with Crippen LogP contribution in [0.3, 0.4) is 0 Å². The summed E-state index contributed by atoms with van der Waals surface area (Å²) in [6.07, 6.45) is 3.05. The number of hydrogen-bond donors (Lipinski definition) is 1. The monoisotopic (exact) mass is 253 g/mol. The van der Waals surface area contributed by atoms with Crippen molar-refractivity contribution in [3.63, 3.8) is 0 Å². The van der Waals surface area contributed by atoms with Crippen molar-refractivity contribution >= 4 is 0 Å². The summed E-state index contributed by atoms with van der Waals surface area (Å²) in [6, 6.07) is 10.9. The molecule has 2 heterocycles. The van der Waals surface area contributed by atoms with E-state index in [1.807, 2.05) is 30.3 Å². The minimum absolute atomic E-state index is 0.361. The van der Waals surface area contributed by atoms with Gasteiger partial charge in [-0.2, -0.15) is 4.98 Å². The number of nitrogens with zero attached hydrogens (tertiary/aromatic N) is 4. The van der Waals surface area contributed by atoms with Crippen LogP contribution in [0.15, 0.2) is 53.4 Å². The number of nitrogens with two attached hydrogens (primary N) is 1. The number of benzene rings is 1. The second-order valence-corrected chi connectivity index (χ2v) is 3.94. The summed E-state index contributed by atoms with van der Waals surface area (Å²) in [5.74, 6) is 0.767. The molecule has 0 aliphatic rings. The van der Waals surface area contributed by atoms with Crippen molar-refractivity contribution in [2.45, 2.75) is 6.04 Å². The molecule has 0 aliphatic heterocycles. The lowest BCUT2D eigenvalue weighted by Gasteiger charge is -2.05. The SMILES string of the molecule is N[C@H](c1ccccc1)c1nc(-c2ccncn2)no1. The Bertz CT molecular complexity index is 653. The third kappa shape index (κ3) is 2.34. The third-order valence-corrected chi connectivity index (χ3v) is 2.68. The molecule has 0 saturated heterocycles. The molecule has 0 amide bonds. The fourth-order valence-electron chi connectivity index (χ4n) is 1.69. The Morgan fingerprint density at radius 2 is 1.95 bits per heavy atom. The number of hydrogen-bond acceptors (Lipinski definition) is 6. The first kappa shape index (κ1) is 11.5. The zero-order valence-corrected chi connectivity index (χ0v) is 9.97.